The number of aromatic nitrogens is 1. The van der Waals surface area contributed by atoms with Crippen LogP contribution in [0.3, 0.4) is 0 Å². The quantitative estimate of drug-likeness (QED) is 0.156. The summed E-state index contributed by atoms with van der Waals surface area (Å²) < 4.78 is 88.4. The number of nitrogens with zero attached hydrogens (tertiary/aromatic N) is 1. The van der Waals surface area contributed by atoms with Gasteiger partial charge >= 0.3 is 6.18 Å². The second-order valence-corrected chi connectivity index (χ2v) is 12.0. The Morgan fingerprint density at radius 1 is 1.18 bits per heavy atom. The number of aliphatic hydroxyl groups is 1. The first kappa shape index (κ1) is 33.6. The van der Waals surface area contributed by atoms with E-state index >= 15 is 4.39 Å². The van der Waals surface area contributed by atoms with Crippen LogP contribution in [-0.4, -0.2) is 55.4 Å². The maximum Gasteiger partial charge on any atom is 0.403 e. The fourth-order valence-electron chi connectivity index (χ4n) is 4.49. The number of aliphatic hydroxyl groups excluding tert-OH is 1. The van der Waals surface area contributed by atoms with Gasteiger partial charge in [0.15, 0.2) is 6.29 Å². The van der Waals surface area contributed by atoms with Gasteiger partial charge in [-0.15, -0.1) is 0 Å². The molecule has 0 spiro atoms. The molecule has 15 heteroatoms. The Labute approximate surface area is 256 Å². The number of alkyl halides is 3. The van der Waals surface area contributed by atoms with Crippen LogP contribution >= 0.6 is 0 Å². The third-order valence-electron chi connectivity index (χ3n) is 7.17. The summed E-state index contributed by atoms with van der Waals surface area (Å²) in [4.78, 5) is 28.9. The molecule has 1 aromatic heterocycles. The molecule has 3 aromatic rings. The lowest BCUT2D eigenvalue weighted by atomic mass is 10.0. The molecular formula is C30H30F4N4O6S. The molecule has 4 N–H and O–H groups in total. The number of sulfonamides is 1. The summed E-state index contributed by atoms with van der Waals surface area (Å²) in [6, 6.07) is 8.65. The van der Waals surface area contributed by atoms with Crippen LogP contribution in [0.4, 0.5) is 28.9 Å². The van der Waals surface area contributed by atoms with Crippen molar-refractivity contribution in [2.24, 2.45) is 5.41 Å². The van der Waals surface area contributed by atoms with Gasteiger partial charge in [-0.2, -0.15) is 13.2 Å². The number of rotatable bonds is 13. The van der Waals surface area contributed by atoms with Crippen molar-refractivity contribution in [1.82, 2.24) is 10.3 Å². The Morgan fingerprint density at radius 3 is 2.42 bits per heavy atom. The van der Waals surface area contributed by atoms with Crippen molar-refractivity contribution in [2.45, 2.75) is 49.6 Å². The number of benzene rings is 2. The van der Waals surface area contributed by atoms with Crippen LogP contribution in [0.1, 0.15) is 41.3 Å². The summed E-state index contributed by atoms with van der Waals surface area (Å²) in [7, 11) is -4.36. The Bertz CT molecular complexity index is 1660. The van der Waals surface area contributed by atoms with Crippen molar-refractivity contribution in [3.8, 4) is 0 Å². The molecule has 4 rings (SSSR count). The lowest BCUT2D eigenvalue weighted by Gasteiger charge is -2.24. The Kier molecular flexibility index (Phi) is 9.95. The summed E-state index contributed by atoms with van der Waals surface area (Å²) in [5, 5.41) is 15.1. The van der Waals surface area contributed by atoms with E-state index in [2.05, 4.69) is 26.9 Å². The average Bonchev–Trinajstić information content (AvgIpc) is 3.81. The van der Waals surface area contributed by atoms with Gasteiger partial charge in [0, 0.05) is 24.7 Å². The molecule has 10 nitrogen and oxygen atoms in total. The second-order valence-electron chi connectivity index (χ2n) is 10.3. The minimum absolute atomic E-state index is 0.0426. The maximum absolute atomic E-state index is 15.2. The third-order valence-corrected chi connectivity index (χ3v) is 8.56. The molecule has 0 radical (unpaired) electrons. The van der Waals surface area contributed by atoms with E-state index in [0.717, 1.165) is 36.4 Å². The van der Waals surface area contributed by atoms with Crippen LogP contribution in [-0.2, 0) is 26.0 Å². The molecule has 240 valence electrons. The lowest BCUT2D eigenvalue weighted by molar-refractivity contribution is -0.189. The Balaban J connectivity index is 1.50. The van der Waals surface area contributed by atoms with Gasteiger partial charge in [-0.1, -0.05) is 18.7 Å². The highest BCUT2D eigenvalue weighted by Crippen LogP contribution is 2.58. The van der Waals surface area contributed by atoms with Crippen LogP contribution in [0.15, 0.2) is 72.4 Å². The molecule has 0 bridgehead atoms. The number of hydrogen-bond acceptors (Lipinski definition) is 7. The zero-order valence-electron chi connectivity index (χ0n) is 23.9. The first-order chi connectivity index (χ1) is 21.2. The van der Waals surface area contributed by atoms with E-state index in [-0.39, 0.29) is 47.7 Å². The van der Waals surface area contributed by atoms with Gasteiger partial charge in [0.05, 0.1) is 22.2 Å². The summed E-state index contributed by atoms with van der Waals surface area (Å²) in [6.07, 6.45) is -2.39. The molecule has 1 heterocycles. The minimum atomic E-state index is -4.70. The first-order valence-electron chi connectivity index (χ1n) is 13.7. The monoisotopic (exact) mass is 650 g/mol. The van der Waals surface area contributed by atoms with Gasteiger partial charge in [0.25, 0.3) is 15.9 Å². The van der Waals surface area contributed by atoms with Crippen LogP contribution in [0.2, 0.25) is 0 Å². The zero-order chi connectivity index (χ0) is 33.0. The number of pyridine rings is 1. The molecule has 1 fully saturated rings. The van der Waals surface area contributed by atoms with Crippen LogP contribution in [0.25, 0.3) is 6.08 Å². The summed E-state index contributed by atoms with van der Waals surface area (Å²) >= 11 is 0. The van der Waals surface area contributed by atoms with Gasteiger partial charge < -0.3 is 20.5 Å². The van der Waals surface area contributed by atoms with E-state index in [1.807, 2.05) is 0 Å². The van der Waals surface area contributed by atoms with Gasteiger partial charge in [-0.3, -0.25) is 19.3 Å². The van der Waals surface area contributed by atoms with E-state index in [1.54, 1.807) is 25.3 Å². The van der Waals surface area contributed by atoms with Gasteiger partial charge in [0.2, 0.25) is 5.91 Å². The smallest absolute Gasteiger partial charge is 0.366 e. The first-order valence-corrected chi connectivity index (χ1v) is 15.2. The molecule has 0 aliphatic heterocycles. The average molecular weight is 651 g/mol. The second kappa shape index (κ2) is 13.3. The van der Waals surface area contributed by atoms with E-state index in [4.69, 9.17) is 4.74 Å². The van der Waals surface area contributed by atoms with Crippen molar-refractivity contribution >= 4 is 39.3 Å². The highest BCUT2D eigenvalue weighted by Gasteiger charge is 2.68. The molecule has 2 aromatic carbocycles. The number of hydrogen-bond donors (Lipinski definition) is 4. The minimum Gasteiger partial charge on any atom is -0.366 e. The lowest BCUT2D eigenvalue weighted by Crippen LogP contribution is -2.46. The molecule has 2 amide bonds. The normalized spacial score (nSPS) is 15.4. The maximum atomic E-state index is 15.2. The molecule has 1 saturated carbocycles. The van der Waals surface area contributed by atoms with E-state index < -0.39 is 57.1 Å². The fraction of sp³-hybridized carbons (Fsp3) is 0.300. The molecular weight excluding hydrogens is 620 g/mol. The number of carbonyl (C=O) groups is 2. The van der Waals surface area contributed by atoms with Gasteiger partial charge in [-0.25, -0.2) is 12.8 Å². The number of amides is 2. The van der Waals surface area contributed by atoms with Gasteiger partial charge in [-0.05, 0) is 79.8 Å². The van der Waals surface area contributed by atoms with Gasteiger partial charge in [0.1, 0.15) is 11.2 Å². The van der Waals surface area contributed by atoms with Crippen molar-refractivity contribution < 1.29 is 45.4 Å². The van der Waals surface area contributed by atoms with Crippen molar-refractivity contribution in [2.75, 3.05) is 16.6 Å². The van der Waals surface area contributed by atoms with Crippen LogP contribution in [0.5, 0.6) is 0 Å². The molecule has 2 atom stereocenters. The predicted molar refractivity (Wildman–Crippen MR) is 157 cm³/mol. The van der Waals surface area contributed by atoms with Crippen molar-refractivity contribution in [3.63, 3.8) is 0 Å². The van der Waals surface area contributed by atoms with E-state index in [9.17, 15) is 36.3 Å². The highest BCUT2D eigenvalue weighted by molar-refractivity contribution is 7.92. The Hall–Kier alpha value is -4.34. The summed E-state index contributed by atoms with van der Waals surface area (Å²) in [5.41, 5.74) is -2.48. The highest BCUT2D eigenvalue weighted by atomic mass is 32.2. The number of anilines is 2. The molecule has 1 unspecified atom stereocenters. The molecule has 1 aliphatic rings. The van der Waals surface area contributed by atoms with Crippen molar-refractivity contribution in [1.29, 1.82) is 0 Å². The molecule has 45 heavy (non-hydrogen) atoms. The van der Waals surface area contributed by atoms with Crippen LogP contribution < -0.4 is 15.4 Å². The largest absolute Gasteiger partial charge is 0.403 e. The number of ether oxygens (including phenoxy) is 1. The molecule has 0 saturated heterocycles. The SMILES string of the molecule is C=Cc1cc(C(=O)N[C@@H](Cc2cccnc2)C(O)OCC)c(F)cc1NS(=O)(=O)c1ccc(NC(=O)C2(C(F)(F)F)CC2)cc1. The number of carbonyl (C=O) groups excluding carboxylic acids is 2. The predicted octanol–water partition coefficient (Wildman–Crippen LogP) is 4.64. The zero-order valence-corrected chi connectivity index (χ0v) is 24.7. The number of nitrogens with one attached hydrogen (secondary N) is 3. The Morgan fingerprint density at radius 2 is 1.87 bits per heavy atom. The summed E-state index contributed by atoms with van der Waals surface area (Å²) in [6.45, 7) is 5.39. The fourth-order valence-corrected chi connectivity index (χ4v) is 5.56. The van der Waals surface area contributed by atoms with E-state index in [1.165, 1.54) is 12.3 Å². The third kappa shape index (κ3) is 7.67. The number of halogens is 4. The standard InChI is InChI=1S/C30H30F4N4O6S/c1-3-19-15-22(26(39)37-25(27(40)44-4-2)14-18-6-5-13-35-17-18)23(31)16-24(19)38-45(42,43)21-9-7-20(8-10-21)36-28(41)29(11-12-29)30(32,33)34/h3,5-10,13,15-17,25,27,38,40H,1,4,11-12,14H2,2H3,(H,36,41)(H,37,39)/t25-,27?/m0/s1. The van der Waals surface area contributed by atoms with Crippen molar-refractivity contribution in [3.05, 3.63) is 90.0 Å². The summed E-state index contributed by atoms with van der Waals surface area (Å²) in [5.74, 6) is -3.22. The van der Waals surface area contributed by atoms with E-state index in [0.29, 0.717) is 5.56 Å². The topological polar surface area (TPSA) is 147 Å². The molecule has 1 aliphatic carbocycles. The van der Waals surface area contributed by atoms with Crippen LogP contribution in [0, 0.1) is 11.2 Å².